The van der Waals surface area contributed by atoms with Crippen LogP contribution in [-0.2, 0) is 16.5 Å². The lowest BCUT2D eigenvalue weighted by atomic mass is 10.0. The van der Waals surface area contributed by atoms with Crippen LogP contribution in [0.4, 0.5) is 0 Å². The van der Waals surface area contributed by atoms with Gasteiger partial charge in [-0.05, 0) is 29.9 Å². The predicted molar refractivity (Wildman–Crippen MR) is 125 cm³/mol. The Hall–Kier alpha value is -1.59. The summed E-state index contributed by atoms with van der Waals surface area (Å²) in [7, 11) is -2.76. The summed E-state index contributed by atoms with van der Waals surface area (Å²) in [6.07, 6.45) is 16.9. The highest BCUT2D eigenvalue weighted by Crippen LogP contribution is 2.30. The maximum atomic E-state index is 11.5. The van der Waals surface area contributed by atoms with Crippen LogP contribution in [0.25, 0.3) is 10.8 Å². The quantitative estimate of drug-likeness (QED) is 0.235. The predicted octanol–water partition coefficient (Wildman–Crippen LogP) is 7.34. The molecule has 1 N–H and O–H groups in total. The number of benzene rings is 2. The van der Waals surface area contributed by atoms with Crippen molar-refractivity contribution in [2.45, 2.75) is 95.3 Å². The Balaban J connectivity index is 1.74. The highest BCUT2D eigenvalue weighted by atomic mass is 32.2. The fraction of sp³-hybridized carbons (Fsp3) is 0.600. The van der Waals surface area contributed by atoms with Crippen molar-refractivity contribution >= 4 is 20.9 Å². The molecule has 0 atom stereocenters. The van der Waals surface area contributed by atoms with E-state index in [-0.39, 0.29) is 4.90 Å². The molecule has 168 valence electrons. The third kappa shape index (κ3) is 8.27. The topological polar surface area (TPSA) is 63.6 Å². The Morgan fingerprint density at radius 1 is 0.800 bits per heavy atom. The van der Waals surface area contributed by atoms with Crippen molar-refractivity contribution in [1.82, 2.24) is 0 Å². The van der Waals surface area contributed by atoms with E-state index in [1.54, 1.807) is 0 Å². The van der Waals surface area contributed by atoms with Crippen LogP contribution >= 0.6 is 0 Å². The summed E-state index contributed by atoms with van der Waals surface area (Å²) in [5.41, 5.74) is 1.18. The summed E-state index contributed by atoms with van der Waals surface area (Å²) in [4.78, 5) is -0.130. The number of unbranched alkanes of at least 4 members (excludes halogenated alkanes) is 11. The van der Waals surface area contributed by atoms with Gasteiger partial charge in [-0.15, -0.1) is 0 Å². The van der Waals surface area contributed by atoms with Gasteiger partial charge in [-0.3, -0.25) is 4.55 Å². The molecule has 5 heteroatoms. The van der Waals surface area contributed by atoms with Crippen LogP contribution in [0.3, 0.4) is 0 Å². The van der Waals surface area contributed by atoms with Gasteiger partial charge >= 0.3 is 0 Å². The average molecular weight is 435 g/mol. The lowest BCUT2D eigenvalue weighted by molar-refractivity contribution is 0.417. The lowest BCUT2D eigenvalue weighted by Crippen LogP contribution is -1.99. The van der Waals surface area contributed by atoms with E-state index in [0.29, 0.717) is 5.75 Å². The second-order valence-electron chi connectivity index (χ2n) is 8.30. The van der Waals surface area contributed by atoms with Gasteiger partial charge in [-0.2, -0.15) is 8.42 Å². The molecule has 4 nitrogen and oxygen atoms in total. The van der Waals surface area contributed by atoms with Crippen molar-refractivity contribution in [2.75, 3.05) is 7.11 Å². The van der Waals surface area contributed by atoms with Crippen molar-refractivity contribution in [3.63, 3.8) is 0 Å². The normalized spacial score (nSPS) is 11.8. The van der Waals surface area contributed by atoms with Crippen LogP contribution in [0.1, 0.15) is 89.5 Å². The Morgan fingerprint density at radius 2 is 1.37 bits per heavy atom. The molecule has 2 aromatic carbocycles. The van der Waals surface area contributed by atoms with Crippen LogP contribution in [0, 0.1) is 0 Å². The van der Waals surface area contributed by atoms with Gasteiger partial charge in [-0.25, -0.2) is 0 Å². The summed E-state index contributed by atoms with van der Waals surface area (Å²) >= 11 is 0. The smallest absolute Gasteiger partial charge is 0.294 e. The van der Waals surface area contributed by atoms with Crippen molar-refractivity contribution in [1.29, 1.82) is 0 Å². The zero-order valence-electron chi connectivity index (χ0n) is 18.7. The highest BCUT2D eigenvalue weighted by Gasteiger charge is 2.14. The Morgan fingerprint density at radius 3 is 1.90 bits per heavy atom. The van der Waals surface area contributed by atoms with Crippen LogP contribution in [0.5, 0.6) is 5.75 Å². The zero-order chi connectivity index (χ0) is 21.8. The molecule has 0 aromatic heterocycles. The SMILES string of the molecule is CCCCCCCCCCCCCCc1ccc2c(OC)cc(S(=O)(=O)O)cc2c1. The minimum Gasteiger partial charge on any atom is -0.496 e. The number of fused-ring (bicyclic) bond motifs is 1. The average Bonchev–Trinajstić information content (AvgIpc) is 2.72. The fourth-order valence-electron chi connectivity index (χ4n) is 4.00. The molecule has 0 unspecified atom stereocenters. The van der Waals surface area contributed by atoms with E-state index in [2.05, 4.69) is 13.0 Å². The molecule has 0 saturated heterocycles. The fourth-order valence-corrected chi connectivity index (χ4v) is 4.53. The summed E-state index contributed by atoms with van der Waals surface area (Å²) in [5, 5.41) is 1.63. The third-order valence-electron chi connectivity index (χ3n) is 5.79. The minimum absolute atomic E-state index is 0.130. The molecule has 2 rings (SSSR count). The van der Waals surface area contributed by atoms with Crippen molar-refractivity contribution in [3.05, 3.63) is 35.9 Å². The first-order chi connectivity index (χ1) is 14.5. The molecule has 0 aliphatic heterocycles. The molecule has 0 radical (unpaired) electrons. The van der Waals surface area contributed by atoms with Crippen molar-refractivity contribution < 1.29 is 17.7 Å². The number of methoxy groups -OCH3 is 1. The van der Waals surface area contributed by atoms with Crippen LogP contribution in [0.2, 0.25) is 0 Å². The first-order valence-corrected chi connectivity index (χ1v) is 13.0. The van der Waals surface area contributed by atoms with Gasteiger partial charge in [0.25, 0.3) is 10.1 Å². The first-order valence-electron chi connectivity index (χ1n) is 11.5. The molecule has 0 heterocycles. The molecule has 2 aromatic rings. The number of aryl methyl sites for hydroxylation is 1. The number of rotatable bonds is 15. The Kier molecular flexibility index (Phi) is 10.7. The van der Waals surface area contributed by atoms with Crippen molar-refractivity contribution in [3.8, 4) is 5.75 Å². The van der Waals surface area contributed by atoms with E-state index in [4.69, 9.17) is 4.74 Å². The zero-order valence-corrected chi connectivity index (χ0v) is 19.5. The van der Waals surface area contributed by atoms with Gasteiger partial charge in [0.2, 0.25) is 0 Å². The van der Waals surface area contributed by atoms with Gasteiger partial charge in [-0.1, -0.05) is 95.8 Å². The molecule has 30 heavy (non-hydrogen) atoms. The van der Waals surface area contributed by atoms with Crippen LogP contribution in [-0.4, -0.2) is 20.1 Å². The molecule has 0 aliphatic carbocycles. The largest absolute Gasteiger partial charge is 0.496 e. The molecule has 0 saturated carbocycles. The van der Waals surface area contributed by atoms with E-state index in [1.807, 2.05) is 12.1 Å². The number of ether oxygens (including phenoxy) is 1. The van der Waals surface area contributed by atoms with Crippen LogP contribution < -0.4 is 4.74 Å². The minimum atomic E-state index is -4.26. The Labute approximate surface area is 182 Å². The summed E-state index contributed by atoms with van der Waals surface area (Å²) in [6, 6.07) is 8.93. The van der Waals surface area contributed by atoms with E-state index >= 15 is 0 Å². The second-order valence-corrected chi connectivity index (χ2v) is 9.72. The number of hydrogen-bond acceptors (Lipinski definition) is 3. The molecular weight excluding hydrogens is 396 g/mol. The standard InChI is InChI=1S/C25H38O4S/c1-3-4-5-6-7-8-9-10-11-12-13-14-15-21-16-17-24-22(18-21)19-23(30(26,27)28)20-25(24)29-2/h16-20H,3-15H2,1-2H3,(H,26,27,28). The molecule has 0 aliphatic rings. The summed E-state index contributed by atoms with van der Waals surface area (Å²) in [5.74, 6) is 0.456. The maximum absolute atomic E-state index is 11.5. The van der Waals surface area contributed by atoms with E-state index in [1.165, 1.54) is 95.4 Å². The monoisotopic (exact) mass is 434 g/mol. The second kappa shape index (κ2) is 13.0. The molecule has 0 bridgehead atoms. The lowest BCUT2D eigenvalue weighted by Gasteiger charge is -2.10. The van der Waals surface area contributed by atoms with E-state index < -0.39 is 10.1 Å². The van der Waals surface area contributed by atoms with Gasteiger partial charge in [0.15, 0.2) is 0 Å². The van der Waals surface area contributed by atoms with Gasteiger partial charge in [0, 0.05) is 11.5 Å². The maximum Gasteiger partial charge on any atom is 0.294 e. The Bertz CT molecular complexity index is 874. The molecule has 0 spiro atoms. The third-order valence-corrected chi connectivity index (χ3v) is 6.62. The highest BCUT2D eigenvalue weighted by molar-refractivity contribution is 7.85. The van der Waals surface area contributed by atoms with Crippen molar-refractivity contribution in [2.24, 2.45) is 0 Å². The van der Waals surface area contributed by atoms with E-state index in [0.717, 1.165) is 23.6 Å². The molecular formula is C25H38O4S. The van der Waals surface area contributed by atoms with Gasteiger partial charge < -0.3 is 4.74 Å². The first kappa shape index (κ1) is 24.7. The summed E-state index contributed by atoms with van der Waals surface area (Å²) in [6.45, 7) is 2.26. The van der Waals surface area contributed by atoms with E-state index in [9.17, 15) is 13.0 Å². The molecule has 0 amide bonds. The summed E-state index contributed by atoms with van der Waals surface area (Å²) < 4.78 is 37.7. The van der Waals surface area contributed by atoms with Crippen LogP contribution in [0.15, 0.2) is 35.2 Å². The van der Waals surface area contributed by atoms with Gasteiger partial charge in [0.1, 0.15) is 5.75 Å². The van der Waals surface area contributed by atoms with Gasteiger partial charge in [0.05, 0.1) is 12.0 Å². The molecule has 0 fully saturated rings. The number of hydrogen-bond donors (Lipinski definition) is 1.